The van der Waals surface area contributed by atoms with Crippen LogP contribution in [0.5, 0.6) is 0 Å². The van der Waals surface area contributed by atoms with Gasteiger partial charge in [0.25, 0.3) is 0 Å². The van der Waals surface area contributed by atoms with E-state index in [9.17, 15) is 0 Å². The summed E-state index contributed by atoms with van der Waals surface area (Å²) in [7, 11) is 0. The van der Waals surface area contributed by atoms with Crippen molar-refractivity contribution in [3.8, 4) is 0 Å². The highest BCUT2D eigenvalue weighted by Crippen LogP contribution is 2.57. The van der Waals surface area contributed by atoms with Crippen molar-refractivity contribution in [1.29, 1.82) is 0 Å². The molecule has 2 atom stereocenters. The molecule has 1 heterocycles. The second-order valence-corrected chi connectivity index (χ2v) is 4.55. The molecule has 1 N–H and O–H groups in total. The largest absolute Gasteiger partial charge is 0.396 e. The Kier molecular flexibility index (Phi) is 1.77. The van der Waals surface area contributed by atoms with Crippen molar-refractivity contribution in [1.82, 2.24) is 4.90 Å². The fourth-order valence-corrected chi connectivity index (χ4v) is 2.45. The Hall–Kier alpha value is -0.340. The Morgan fingerprint density at radius 2 is 2.50 bits per heavy atom. The van der Waals surface area contributed by atoms with Gasteiger partial charge >= 0.3 is 0 Å². The van der Waals surface area contributed by atoms with Crippen molar-refractivity contribution >= 4 is 0 Å². The zero-order chi connectivity index (χ0) is 8.77. The van der Waals surface area contributed by atoms with E-state index in [-0.39, 0.29) is 0 Å². The van der Waals surface area contributed by atoms with Crippen LogP contribution in [0.15, 0.2) is 12.2 Å². The predicted octanol–water partition coefficient (Wildman–Crippen LogP) is 0.877. The molecule has 1 aliphatic carbocycles. The second kappa shape index (κ2) is 2.57. The average Bonchev–Trinajstić information content (AvgIpc) is 2.54. The molecule has 0 aromatic rings. The summed E-state index contributed by atoms with van der Waals surface area (Å²) in [6.07, 6.45) is 1.25. The molecule has 0 aromatic heterocycles. The van der Waals surface area contributed by atoms with Crippen LogP contribution in [0.1, 0.15) is 13.3 Å². The van der Waals surface area contributed by atoms with Gasteiger partial charge in [0.1, 0.15) is 0 Å². The number of aliphatic hydroxyl groups excluding tert-OH is 1. The molecular weight excluding hydrogens is 150 g/mol. The first-order valence-electron chi connectivity index (χ1n) is 4.64. The van der Waals surface area contributed by atoms with Gasteiger partial charge in [-0.25, -0.2) is 0 Å². The fourth-order valence-electron chi connectivity index (χ4n) is 2.45. The summed E-state index contributed by atoms with van der Waals surface area (Å²) in [6, 6.07) is 0. The molecule has 0 amide bonds. The van der Waals surface area contributed by atoms with E-state index < -0.39 is 0 Å². The molecule has 2 rings (SSSR count). The first-order valence-corrected chi connectivity index (χ1v) is 4.64. The Labute approximate surface area is 73.9 Å². The van der Waals surface area contributed by atoms with Crippen LogP contribution >= 0.6 is 0 Å². The number of nitrogens with zero attached hydrogens (tertiary/aromatic N) is 1. The molecule has 0 spiro atoms. The van der Waals surface area contributed by atoms with Crippen LogP contribution in [0.3, 0.4) is 0 Å². The van der Waals surface area contributed by atoms with Gasteiger partial charge in [-0.15, -0.1) is 0 Å². The summed E-state index contributed by atoms with van der Waals surface area (Å²) in [5, 5.41) is 9.17. The normalized spacial score (nSPS) is 39.7. The van der Waals surface area contributed by atoms with E-state index in [0.29, 0.717) is 12.0 Å². The van der Waals surface area contributed by atoms with Gasteiger partial charge in [-0.1, -0.05) is 12.2 Å². The number of likely N-dealkylation sites (tertiary alicyclic amines) is 1. The third-order valence-electron chi connectivity index (χ3n) is 3.18. The number of hydrogen-bond acceptors (Lipinski definition) is 2. The molecule has 2 unspecified atom stereocenters. The predicted molar refractivity (Wildman–Crippen MR) is 48.9 cm³/mol. The minimum absolute atomic E-state index is 0.301. The van der Waals surface area contributed by atoms with E-state index in [1.54, 1.807) is 0 Å². The average molecular weight is 167 g/mol. The number of fused-ring (bicyclic) bond motifs is 1. The summed E-state index contributed by atoms with van der Waals surface area (Å²) >= 11 is 0. The Bertz CT molecular complexity index is 210. The lowest BCUT2D eigenvalue weighted by molar-refractivity contribution is 0.191. The van der Waals surface area contributed by atoms with Crippen LogP contribution in [0, 0.1) is 11.3 Å². The molecule has 1 saturated heterocycles. The molecular formula is C10H17NO. The van der Waals surface area contributed by atoms with Crippen LogP contribution < -0.4 is 0 Å². The number of piperidine rings is 1. The van der Waals surface area contributed by atoms with Crippen molar-refractivity contribution in [3.05, 3.63) is 12.2 Å². The van der Waals surface area contributed by atoms with Crippen LogP contribution in [0.25, 0.3) is 0 Å². The smallest absolute Gasteiger partial charge is 0.0502 e. The third-order valence-corrected chi connectivity index (χ3v) is 3.18. The SMILES string of the molecule is C=C(C)CN1CC2CC2(CO)C1. The topological polar surface area (TPSA) is 23.5 Å². The molecule has 0 aromatic carbocycles. The van der Waals surface area contributed by atoms with E-state index in [1.165, 1.54) is 18.5 Å². The second-order valence-electron chi connectivity index (χ2n) is 4.55. The first-order chi connectivity index (χ1) is 5.66. The van der Waals surface area contributed by atoms with Crippen molar-refractivity contribution in [2.45, 2.75) is 13.3 Å². The maximum absolute atomic E-state index is 9.17. The zero-order valence-electron chi connectivity index (χ0n) is 7.71. The number of rotatable bonds is 3. The molecule has 2 fully saturated rings. The van der Waals surface area contributed by atoms with Crippen molar-refractivity contribution in [3.63, 3.8) is 0 Å². The molecule has 68 valence electrons. The third kappa shape index (κ3) is 1.19. The quantitative estimate of drug-likeness (QED) is 0.631. The standard InChI is InChI=1S/C10H17NO/c1-8(2)4-11-5-9-3-10(9,6-11)7-12/h9,12H,1,3-7H2,2H3. The molecule has 1 saturated carbocycles. The Balaban J connectivity index is 1.89. The summed E-state index contributed by atoms with van der Waals surface area (Å²) in [6.45, 7) is 9.62. The molecule has 0 radical (unpaired) electrons. The molecule has 2 nitrogen and oxygen atoms in total. The van der Waals surface area contributed by atoms with Gasteiger partial charge in [-0.2, -0.15) is 0 Å². The minimum Gasteiger partial charge on any atom is -0.396 e. The monoisotopic (exact) mass is 167 g/mol. The summed E-state index contributed by atoms with van der Waals surface area (Å²) < 4.78 is 0. The summed E-state index contributed by atoms with van der Waals surface area (Å²) in [5.74, 6) is 0.779. The van der Waals surface area contributed by atoms with E-state index in [2.05, 4.69) is 18.4 Å². The lowest BCUT2D eigenvalue weighted by Crippen LogP contribution is -2.27. The molecule has 1 aliphatic heterocycles. The fraction of sp³-hybridized carbons (Fsp3) is 0.800. The van der Waals surface area contributed by atoms with E-state index in [0.717, 1.165) is 19.0 Å². The van der Waals surface area contributed by atoms with Gasteiger partial charge in [-0.3, -0.25) is 4.90 Å². The Morgan fingerprint density at radius 1 is 1.75 bits per heavy atom. The minimum atomic E-state index is 0.301. The van der Waals surface area contributed by atoms with Gasteiger partial charge in [0.2, 0.25) is 0 Å². The highest BCUT2D eigenvalue weighted by Gasteiger charge is 2.59. The highest BCUT2D eigenvalue weighted by molar-refractivity contribution is 5.11. The molecule has 0 bridgehead atoms. The van der Waals surface area contributed by atoms with Crippen LogP contribution in [0.4, 0.5) is 0 Å². The first kappa shape index (κ1) is 8.27. The summed E-state index contributed by atoms with van der Waals surface area (Å²) in [5.41, 5.74) is 1.53. The lowest BCUT2D eigenvalue weighted by Gasteiger charge is -2.19. The molecule has 2 heteroatoms. The molecule has 2 aliphatic rings. The maximum atomic E-state index is 9.17. The van der Waals surface area contributed by atoms with Gasteiger partial charge in [0.05, 0.1) is 6.61 Å². The van der Waals surface area contributed by atoms with Crippen LogP contribution in [-0.4, -0.2) is 36.2 Å². The van der Waals surface area contributed by atoms with Gasteiger partial charge in [0, 0.05) is 25.0 Å². The van der Waals surface area contributed by atoms with E-state index >= 15 is 0 Å². The van der Waals surface area contributed by atoms with Crippen LogP contribution in [0.2, 0.25) is 0 Å². The van der Waals surface area contributed by atoms with Crippen molar-refractivity contribution in [2.24, 2.45) is 11.3 Å². The van der Waals surface area contributed by atoms with E-state index in [1.807, 2.05) is 0 Å². The maximum Gasteiger partial charge on any atom is 0.0502 e. The summed E-state index contributed by atoms with van der Waals surface area (Å²) in [4.78, 5) is 2.41. The Morgan fingerprint density at radius 3 is 3.00 bits per heavy atom. The van der Waals surface area contributed by atoms with Gasteiger partial charge < -0.3 is 5.11 Å². The highest BCUT2D eigenvalue weighted by atomic mass is 16.3. The lowest BCUT2D eigenvalue weighted by atomic mass is 10.1. The molecule has 12 heavy (non-hydrogen) atoms. The van der Waals surface area contributed by atoms with Gasteiger partial charge in [-0.05, 0) is 19.3 Å². The van der Waals surface area contributed by atoms with Crippen molar-refractivity contribution < 1.29 is 5.11 Å². The van der Waals surface area contributed by atoms with Gasteiger partial charge in [0.15, 0.2) is 0 Å². The zero-order valence-corrected chi connectivity index (χ0v) is 7.71. The van der Waals surface area contributed by atoms with Crippen molar-refractivity contribution in [2.75, 3.05) is 26.2 Å². The number of hydrogen-bond donors (Lipinski definition) is 1. The van der Waals surface area contributed by atoms with Crippen LogP contribution in [-0.2, 0) is 0 Å². The van der Waals surface area contributed by atoms with E-state index in [4.69, 9.17) is 5.11 Å². The number of aliphatic hydroxyl groups is 1.